The van der Waals surface area contributed by atoms with Crippen LogP contribution < -0.4 is 0 Å². The summed E-state index contributed by atoms with van der Waals surface area (Å²) in [5, 5.41) is 4.67. The number of hydrogen-bond donors (Lipinski definition) is 0. The van der Waals surface area contributed by atoms with Crippen LogP contribution in [0.5, 0.6) is 0 Å². The summed E-state index contributed by atoms with van der Waals surface area (Å²) in [6.45, 7) is 7.05. The van der Waals surface area contributed by atoms with Crippen LogP contribution in [0.4, 0.5) is 4.39 Å². The molecular weight excluding hydrogens is 495 g/mol. The summed E-state index contributed by atoms with van der Waals surface area (Å²) >= 11 is 0. The molecule has 39 heavy (non-hydrogen) atoms. The van der Waals surface area contributed by atoms with Gasteiger partial charge in [0, 0.05) is 29.9 Å². The first kappa shape index (κ1) is 27.0. The molecule has 0 N–H and O–H groups in total. The van der Waals surface area contributed by atoms with Gasteiger partial charge in [0.2, 0.25) is 0 Å². The number of carbonyl (C=O) groups excluding carboxylic acids is 2. The van der Waals surface area contributed by atoms with E-state index in [0.717, 1.165) is 49.1 Å². The lowest BCUT2D eigenvalue weighted by molar-refractivity contribution is -0.148. The van der Waals surface area contributed by atoms with E-state index in [1.807, 2.05) is 37.0 Å². The minimum atomic E-state index is -0.364. The van der Waals surface area contributed by atoms with Gasteiger partial charge in [0.15, 0.2) is 5.65 Å². The number of benzene rings is 1. The van der Waals surface area contributed by atoms with E-state index in [0.29, 0.717) is 54.9 Å². The van der Waals surface area contributed by atoms with E-state index < -0.39 is 0 Å². The fourth-order valence-corrected chi connectivity index (χ4v) is 5.75. The van der Waals surface area contributed by atoms with Crippen LogP contribution in [0, 0.1) is 11.7 Å². The van der Waals surface area contributed by atoms with E-state index >= 15 is 4.39 Å². The van der Waals surface area contributed by atoms with Gasteiger partial charge in [0.25, 0.3) is 5.91 Å². The molecule has 0 radical (unpaired) electrons. The summed E-state index contributed by atoms with van der Waals surface area (Å²) in [4.78, 5) is 32.1. The molecule has 1 aliphatic heterocycles. The molecule has 1 unspecified atom stereocenters. The average Bonchev–Trinajstić information content (AvgIpc) is 3.26. The van der Waals surface area contributed by atoms with E-state index in [1.54, 1.807) is 22.7 Å². The SMILES string of the molecule is CCOC(=O)C1CC=C(c2ccc(-c3cc4nc(C(=O)N5CCCCC[C@H]5C)cc(CC)n4n3)c(F)c2)CC1. The highest BCUT2D eigenvalue weighted by Crippen LogP contribution is 2.33. The van der Waals surface area contributed by atoms with Crippen molar-refractivity contribution in [1.29, 1.82) is 0 Å². The third kappa shape index (κ3) is 5.60. The van der Waals surface area contributed by atoms with Gasteiger partial charge in [0.1, 0.15) is 11.5 Å². The Labute approximate surface area is 229 Å². The smallest absolute Gasteiger partial charge is 0.309 e. The number of fused-ring (bicyclic) bond motifs is 1. The molecule has 1 amide bonds. The Balaban J connectivity index is 1.41. The Kier molecular flexibility index (Phi) is 8.10. The van der Waals surface area contributed by atoms with Gasteiger partial charge in [0.05, 0.1) is 18.2 Å². The van der Waals surface area contributed by atoms with Crippen LogP contribution in [-0.4, -0.2) is 50.6 Å². The van der Waals surface area contributed by atoms with Crippen LogP contribution in [0.25, 0.3) is 22.5 Å². The van der Waals surface area contributed by atoms with Crippen molar-refractivity contribution in [2.24, 2.45) is 5.92 Å². The second-order valence-corrected chi connectivity index (χ2v) is 10.6. The maximum atomic E-state index is 15.4. The van der Waals surface area contributed by atoms with Gasteiger partial charge in [-0.15, -0.1) is 0 Å². The Hall–Kier alpha value is -3.55. The van der Waals surface area contributed by atoms with Crippen molar-refractivity contribution >= 4 is 23.1 Å². The molecule has 206 valence electrons. The summed E-state index contributed by atoms with van der Waals surface area (Å²) in [6, 6.07) is 8.96. The number of carbonyl (C=O) groups is 2. The maximum Gasteiger partial charge on any atom is 0.309 e. The van der Waals surface area contributed by atoms with E-state index in [1.165, 1.54) is 0 Å². The molecule has 8 heteroatoms. The van der Waals surface area contributed by atoms with Gasteiger partial charge in [-0.05, 0) is 81.7 Å². The highest BCUT2D eigenvalue weighted by molar-refractivity contribution is 5.93. The van der Waals surface area contributed by atoms with Crippen LogP contribution >= 0.6 is 0 Å². The van der Waals surface area contributed by atoms with Crippen LogP contribution in [0.1, 0.15) is 87.5 Å². The minimum absolute atomic E-state index is 0.0502. The van der Waals surface area contributed by atoms with Gasteiger partial charge in [-0.25, -0.2) is 13.9 Å². The third-order valence-electron chi connectivity index (χ3n) is 8.04. The van der Waals surface area contributed by atoms with Crippen LogP contribution in [0.3, 0.4) is 0 Å². The van der Waals surface area contributed by atoms with Gasteiger partial charge in [-0.1, -0.05) is 31.9 Å². The first-order valence-electron chi connectivity index (χ1n) is 14.3. The normalized spacial score (nSPS) is 20.0. The predicted octanol–water partition coefficient (Wildman–Crippen LogP) is 6.25. The molecule has 7 nitrogen and oxygen atoms in total. The largest absolute Gasteiger partial charge is 0.466 e. The fraction of sp³-hybridized carbons (Fsp3) is 0.484. The van der Waals surface area contributed by atoms with Crippen molar-refractivity contribution < 1.29 is 18.7 Å². The number of allylic oxidation sites excluding steroid dienone is 2. The molecule has 2 aromatic heterocycles. The average molecular weight is 533 g/mol. The number of aryl methyl sites for hydroxylation is 1. The first-order chi connectivity index (χ1) is 18.9. The standard InChI is InChI=1S/C31H37FN4O3/c1-4-24-18-28(30(37)35-16-8-6-7-9-20(35)3)33-29-19-27(34-36(24)29)25-15-14-23(17-26(25)32)21-10-12-22(13-11-21)31(38)39-5-2/h10,14-15,17-20,22H,4-9,11-13,16H2,1-3H3/t20-,22?/m1/s1. The second-order valence-electron chi connectivity index (χ2n) is 10.6. The number of rotatable bonds is 6. The van der Waals surface area contributed by atoms with Crippen LogP contribution in [-0.2, 0) is 16.0 Å². The Bertz CT molecular complexity index is 1410. The molecular formula is C31H37FN4O3. The molecule has 1 aliphatic carbocycles. The Morgan fingerprint density at radius 2 is 1.95 bits per heavy atom. The number of amides is 1. The summed E-state index contributed by atoms with van der Waals surface area (Å²) in [5.41, 5.74) is 4.54. The lowest BCUT2D eigenvalue weighted by atomic mass is 9.86. The third-order valence-corrected chi connectivity index (χ3v) is 8.04. The van der Waals surface area contributed by atoms with Crippen LogP contribution in [0.2, 0.25) is 0 Å². The zero-order chi connectivity index (χ0) is 27.5. The van der Waals surface area contributed by atoms with Gasteiger partial charge in [-0.2, -0.15) is 5.10 Å². The van der Waals surface area contributed by atoms with E-state index in [4.69, 9.17) is 4.74 Å². The monoisotopic (exact) mass is 532 g/mol. The summed E-state index contributed by atoms with van der Waals surface area (Å²) in [7, 11) is 0. The summed E-state index contributed by atoms with van der Waals surface area (Å²) in [5.74, 6) is -0.703. The van der Waals surface area contributed by atoms with E-state index in [-0.39, 0.29) is 29.7 Å². The van der Waals surface area contributed by atoms with E-state index in [9.17, 15) is 9.59 Å². The topological polar surface area (TPSA) is 76.8 Å². The highest BCUT2D eigenvalue weighted by atomic mass is 19.1. The molecule has 3 heterocycles. The molecule has 1 fully saturated rings. The van der Waals surface area contributed by atoms with Gasteiger partial charge in [-0.3, -0.25) is 9.59 Å². The Morgan fingerprint density at radius 3 is 2.67 bits per heavy atom. The van der Waals surface area contributed by atoms with Gasteiger partial charge < -0.3 is 9.64 Å². The van der Waals surface area contributed by atoms with Crippen molar-refractivity contribution in [3.05, 3.63) is 59.2 Å². The molecule has 1 saturated heterocycles. The molecule has 2 aliphatic rings. The quantitative estimate of drug-likeness (QED) is 0.351. The zero-order valence-electron chi connectivity index (χ0n) is 23.1. The predicted molar refractivity (Wildman–Crippen MR) is 149 cm³/mol. The lowest BCUT2D eigenvalue weighted by Gasteiger charge is -2.27. The second kappa shape index (κ2) is 11.7. The maximum absolute atomic E-state index is 15.4. The van der Waals surface area contributed by atoms with Crippen molar-refractivity contribution in [2.75, 3.05) is 13.2 Å². The lowest BCUT2D eigenvalue weighted by Crippen LogP contribution is -2.38. The number of ether oxygens (including phenoxy) is 1. The fourth-order valence-electron chi connectivity index (χ4n) is 5.75. The van der Waals surface area contributed by atoms with E-state index in [2.05, 4.69) is 17.0 Å². The number of aromatic nitrogens is 3. The van der Waals surface area contributed by atoms with Crippen molar-refractivity contribution in [3.63, 3.8) is 0 Å². The molecule has 0 bridgehead atoms. The molecule has 2 atom stereocenters. The number of halogens is 1. The molecule has 0 saturated carbocycles. The summed E-state index contributed by atoms with van der Waals surface area (Å²) in [6.07, 6.45) is 8.98. The highest BCUT2D eigenvalue weighted by Gasteiger charge is 2.26. The molecule has 1 aromatic carbocycles. The minimum Gasteiger partial charge on any atom is -0.466 e. The number of nitrogens with zero attached hydrogens (tertiary/aromatic N) is 4. The first-order valence-corrected chi connectivity index (χ1v) is 14.3. The zero-order valence-corrected chi connectivity index (χ0v) is 23.1. The number of hydrogen-bond acceptors (Lipinski definition) is 5. The molecule has 0 spiro atoms. The van der Waals surface area contributed by atoms with Crippen molar-refractivity contribution in [1.82, 2.24) is 19.5 Å². The van der Waals surface area contributed by atoms with Crippen molar-refractivity contribution in [3.8, 4) is 11.3 Å². The molecule has 3 aromatic rings. The molecule has 5 rings (SSSR count). The van der Waals surface area contributed by atoms with Crippen LogP contribution in [0.15, 0.2) is 36.4 Å². The Morgan fingerprint density at radius 1 is 1.10 bits per heavy atom. The number of likely N-dealkylation sites (tertiary alicyclic amines) is 1. The number of esters is 1. The van der Waals surface area contributed by atoms with Gasteiger partial charge >= 0.3 is 5.97 Å². The van der Waals surface area contributed by atoms with Crippen molar-refractivity contribution in [2.45, 2.75) is 78.2 Å². The summed E-state index contributed by atoms with van der Waals surface area (Å²) < 4.78 is 22.3.